The van der Waals surface area contributed by atoms with Crippen molar-refractivity contribution in [1.82, 2.24) is 9.80 Å². The van der Waals surface area contributed by atoms with Crippen LogP contribution in [0.2, 0.25) is 0 Å². The van der Waals surface area contributed by atoms with Crippen molar-refractivity contribution in [3.63, 3.8) is 0 Å². The highest BCUT2D eigenvalue weighted by atomic mass is 16.6. The molecule has 2 aliphatic heterocycles. The zero-order valence-electron chi connectivity index (χ0n) is 12.8. The number of fused-ring (bicyclic) bond motifs is 1. The van der Waals surface area contributed by atoms with Crippen LogP contribution in [0.25, 0.3) is 0 Å². The lowest BCUT2D eigenvalue weighted by atomic mass is 10.1. The van der Waals surface area contributed by atoms with Gasteiger partial charge in [0.15, 0.2) is 0 Å². The minimum absolute atomic E-state index is 0.0563. The zero-order chi connectivity index (χ0) is 15.4. The summed E-state index contributed by atoms with van der Waals surface area (Å²) < 4.78 is 5.39. The van der Waals surface area contributed by atoms with Crippen LogP contribution in [0.5, 0.6) is 0 Å². The lowest BCUT2D eigenvalue weighted by molar-refractivity contribution is -0.128. The standard InChI is InChI=1S/C16H22N2O3/c1-5-10-6-13(19)18(7-10)14-11-8-17(9-12(11)14)15(20)21-16(2,3)4/h1,10-12,14H,6-9H2,2-4H3/t10?,11-,12+,14?. The minimum Gasteiger partial charge on any atom is -0.444 e. The second-order valence-electron chi connectivity index (χ2n) is 7.32. The molecule has 0 spiro atoms. The molecule has 3 aliphatic rings. The quantitative estimate of drug-likeness (QED) is 0.685. The van der Waals surface area contributed by atoms with Gasteiger partial charge in [0.05, 0.1) is 0 Å². The van der Waals surface area contributed by atoms with Crippen LogP contribution >= 0.6 is 0 Å². The summed E-state index contributed by atoms with van der Waals surface area (Å²) in [6.07, 6.45) is 5.64. The number of terminal acetylenes is 1. The van der Waals surface area contributed by atoms with Crippen molar-refractivity contribution in [2.24, 2.45) is 17.8 Å². The smallest absolute Gasteiger partial charge is 0.410 e. The predicted octanol–water partition coefficient (Wildman–Crippen LogP) is 1.33. The third-order valence-corrected chi connectivity index (χ3v) is 4.55. The fraction of sp³-hybridized carbons (Fsp3) is 0.750. The van der Waals surface area contributed by atoms with E-state index in [1.54, 1.807) is 4.90 Å². The Hall–Kier alpha value is -1.70. The molecule has 1 aliphatic carbocycles. The number of rotatable bonds is 1. The van der Waals surface area contributed by atoms with Gasteiger partial charge in [-0.15, -0.1) is 12.3 Å². The summed E-state index contributed by atoms with van der Waals surface area (Å²) in [5.74, 6) is 3.70. The van der Waals surface area contributed by atoms with Gasteiger partial charge < -0.3 is 14.5 Å². The van der Waals surface area contributed by atoms with E-state index in [4.69, 9.17) is 11.2 Å². The topological polar surface area (TPSA) is 49.9 Å². The number of amides is 2. The van der Waals surface area contributed by atoms with Gasteiger partial charge in [0.2, 0.25) is 5.91 Å². The Morgan fingerprint density at radius 2 is 1.90 bits per heavy atom. The van der Waals surface area contributed by atoms with Gasteiger partial charge in [-0.25, -0.2) is 4.79 Å². The number of ether oxygens (including phenoxy) is 1. The fourth-order valence-corrected chi connectivity index (χ4v) is 3.56. The summed E-state index contributed by atoms with van der Waals surface area (Å²) in [7, 11) is 0. The van der Waals surface area contributed by atoms with Gasteiger partial charge >= 0.3 is 6.09 Å². The van der Waals surface area contributed by atoms with E-state index in [1.165, 1.54) is 0 Å². The first-order chi connectivity index (χ1) is 9.80. The molecule has 5 nitrogen and oxygen atoms in total. The maximum absolute atomic E-state index is 12.0. The van der Waals surface area contributed by atoms with E-state index in [0.717, 1.165) is 0 Å². The number of hydrogen-bond acceptors (Lipinski definition) is 3. The number of carbonyl (C=O) groups excluding carboxylic acids is 2. The van der Waals surface area contributed by atoms with Crippen molar-refractivity contribution in [2.45, 2.75) is 38.8 Å². The van der Waals surface area contributed by atoms with Crippen LogP contribution in [0.15, 0.2) is 0 Å². The monoisotopic (exact) mass is 290 g/mol. The molecule has 0 N–H and O–H groups in total. The van der Waals surface area contributed by atoms with Crippen LogP contribution < -0.4 is 0 Å². The average Bonchev–Trinajstić information content (AvgIpc) is 2.76. The number of hydrogen-bond donors (Lipinski definition) is 0. The Bertz CT molecular complexity index is 505. The Morgan fingerprint density at radius 1 is 1.29 bits per heavy atom. The van der Waals surface area contributed by atoms with Gasteiger partial charge in [-0.3, -0.25) is 4.79 Å². The summed E-state index contributed by atoms with van der Waals surface area (Å²) in [6, 6.07) is 0.287. The van der Waals surface area contributed by atoms with Crippen LogP contribution in [-0.4, -0.2) is 53.1 Å². The summed E-state index contributed by atoms with van der Waals surface area (Å²) >= 11 is 0. The molecule has 0 radical (unpaired) electrons. The molecule has 0 aromatic carbocycles. The third kappa shape index (κ3) is 2.59. The largest absolute Gasteiger partial charge is 0.444 e. The van der Waals surface area contributed by atoms with E-state index in [-0.39, 0.29) is 24.0 Å². The minimum atomic E-state index is -0.464. The molecular formula is C16H22N2O3. The highest BCUT2D eigenvalue weighted by Crippen LogP contribution is 2.50. The van der Waals surface area contributed by atoms with Crippen LogP contribution in [-0.2, 0) is 9.53 Å². The van der Waals surface area contributed by atoms with Gasteiger partial charge in [0.25, 0.3) is 0 Å². The van der Waals surface area contributed by atoms with Crippen molar-refractivity contribution in [3.05, 3.63) is 0 Å². The summed E-state index contributed by atoms with van der Waals surface area (Å²) in [5, 5.41) is 0. The van der Waals surface area contributed by atoms with Crippen LogP contribution in [0.3, 0.4) is 0 Å². The van der Waals surface area contributed by atoms with Gasteiger partial charge in [0.1, 0.15) is 5.60 Å². The Labute approximate surface area is 125 Å². The zero-order valence-corrected chi connectivity index (χ0v) is 12.8. The first-order valence-electron chi connectivity index (χ1n) is 7.53. The molecule has 114 valence electrons. The molecule has 2 amide bonds. The van der Waals surface area contributed by atoms with Gasteiger partial charge in [0, 0.05) is 49.9 Å². The van der Waals surface area contributed by atoms with E-state index >= 15 is 0 Å². The number of likely N-dealkylation sites (tertiary alicyclic amines) is 2. The predicted molar refractivity (Wildman–Crippen MR) is 77.2 cm³/mol. The number of carbonyl (C=O) groups is 2. The Balaban J connectivity index is 1.54. The van der Waals surface area contributed by atoms with E-state index in [2.05, 4.69) is 5.92 Å². The van der Waals surface area contributed by atoms with Crippen molar-refractivity contribution < 1.29 is 14.3 Å². The molecule has 0 aromatic rings. The van der Waals surface area contributed by atoms with E-state index in [0.29, 0.717) is 37.9 Å². The van der Waals surface area contributed by atoms with Crippen LogP contribution in [0.4, 0.5) is 4.79 Å². The molecule has 3 rings (SSSR count). The molecule has 5 heteroatoms. The fourth-order valence-electron chi connectivity index (χ4n) is 3.56. The molecule has 2 saturated heterocycles. The first-order valence-corrected chi connectivity index (χ1v) is 7.53. The van der Waals surface area contributed by atoms with Crippen molar-refractivity contribution in [2.75, 3.05) is 19.6 Å². The lowest BCUT2D eigenvalue weighted by Gasteiger charge is -2.27. The summed E-state index contributed by atoms with van der Waals surface area (Å²) in [5.41, 5.74) is -0.464. The van der Waals surface area contributed by atoms with Crippen molar-refractivity contribution in [3.8, 4) is 12.3 Å². The molecule has 0 aromatic heterocycles. The van der Waals surface area contributed by atoms with Gasteiger partial charge in [-0.2, -0.15) is 0 Å². The van der Waals surface area contributed by atoms with Crippen LogP contribution in [0, 0.1) is 30.1 Å². The molecule has 1 saturated carbocycles. The highest BCUT2D eigenvalue weighted by Gasteiger charge is 2.61. The van der Waals surface area contributed by atoms with Gasteiger partial charge in [-0.1, -0.05) is 0 Å². The SMILES string of the molecule is C#CC1CC(=O)N(C2[C@H]3CN(C(=O)OC(C)(C)C)C[C@@H]23)C1. The van der Waals surface area contributed by atoms with E-state index in [9.17, 15) is 9.59 Å². The second-order valence-corrected chi connectivity index (χ2v) is 7.32. The average molecular weight is 290 g/mol. The van der Waals surface area contributed by atoms with Crippen molar-refractivity contribution >= 4 is 12.0 Å². The molecular weight excluding hydrogens is 268 g/mol. The highest BCUT2D eigenvalue weighted by molar-refractivity contribution is 5.80. The first kappa shape index (κ1) is 14.2. The maximum Gasteiger partial charge on any atom is 0.410 e. The lowest BCUT2D eigenvalue weighted by Crippen LogP contribution is -2.40. The van der Waals surface area contributed by atoms with Crippen molar-refractivity contribution in [1.29, 1.82) is 0 Å². The molecule has 2 heterocycles. The summed E-state index contributed by atoms with van der Waals surface area (Å²) in [4.78, 5) is 27.7. The molecule has 2 unspecified atom stereocenters. The molecule has 4 atom stereocenters. The number of piperidine rings is 1. The number of nitrogens with zero attached hydrogens (tertiary/aromatic N) is 2. The molecule has 3 fully saturated rings. The molecule has 0 bridgehead atoms. The summed E-state index contributed by atoms with van der Waals surface area (Å²) in [6.45, 7) is 7.66. The van der Waals surface area contributed by atoms with Crippen LogP contribution in [0.1, 0.15) is 27.2 Å². The van der Waals surface area contributed by atoms with E-state index < -0.39 is 5.60 Å². The molecule has 21 heavy (non-hydrogen) atoms. The van der Waals surface area contributed by atoms with Gasteiger partial charge in [-0.05, 0) is 20.8 Å². The maximum atomic E-state index is 12.0. The third-order valence-electron chi connectivity index (χ3n) is 4.55. The van der Waals surface area contributed by atoms with E-state index in [1.807, 2.05) is 25.7 Å². The normalized spacial score (nSPS) is 34.7. The Morgan fingerprint density at radius 3 is 2.38 bits per heavy atom. The Kier molecular flexibility index (Phi) is 3.16. The second kappa shape index (κ2) is 4.66.